The first-order valence-electron chi connectivity index (χ1n) is 9.57. The van der Waals surface area contributed by atoms with E-state index in [1.54, 1.807) is 7.11 Å². The largest absolute Gasteiger partial charge is 0.497 e. The Morgan fingerprint density at radius 1 is 1.07 bits per heavy atom. The zero-order valence-electron chi connectivity index (χ0n) is 16.3. The maximum absolute atomic E-state index is 12.9. The van der Waals surface area contributed by atoms with Gasteiger partial charge in [-0.15, -0.1) is 0 Å². The van der Waals surface area contributed by atoms with Crippen molar-refractivity contribution in [3.63, 3.8) is 0 Å². The Morgan fingerprint density at radius 2 is 1.90 bits per heavy atom. The van der Waals surface area contributed by atoms with Crippen LogP contribution in [0, 0.1) is 6.92 Å². The maximum Gasteiger partial charge on any atom is 0.253 e. The Balaban J connectivity index is 1.90. The molecule has 0 atom stereocenters. The van der Waals surface area contributed by atoms with E-state index in [4.69, 9.17) is 14.8 Å². The van der Waals surface area contributed by atoms with Crippen LogP contribution in [-0.2, 0) is 6.42 Å². The lowest BCUT2D eigenvalue weighted by Gasteiger charge is -2.20. The molecule has 5 rings (SSSR count). The second-order valence-corrected chi connectivity index (χ2v) is 7.08. The molecule has 0 saturated carbocycles. The third-order valence-electron chi connectivity index (χ3n) is 5.30. The van der Waals surface area contributed by atoms with Crippen LogP contribution < -0.4 is 10.1 Å². The number of aryl methyl sites for hydroxylation is 1. The average Bonchev–Trinajstić information content (AvgIpc) is 3.09. The van der Waals surface area contributed by atoms with Gasteiger partial charge >= 0.3 is 0 Å². The van der Waals surface area contributed by atoms with Crippen molar-refractivity contribution >= 4 is 16.9 Å². The van der Waals surface area contributed by atoms with E-state index in [9.17, 15) is 4.79 Å². The standard InChI is InChI=1S/C23H20N4O2/c1-14-19-20(15-7-6-10-17(13-15)29-2)21-18(11-12-24-23(21)28)25-22(19)27(26-14)16-8-4-3-5-9-16/h3-10,13H,11-12H2,1-2H3,(H,24,28). The van der Waals surface area contributed by atoms with E-state index in [0.717, 1.165) is 45.0 Å². The summed E-state index contributed by atoms with van der Waals surface area (Å²) in [4.78, 5) is 17.8. The summed E-state index contributed by atoms with van der Waals surface area (Å²) in [6.07, 6.45) is 0.687. The molecule has 1 aliphatic heterocycles. The highest BCUT2D eigenvalue weighted by atomic mass is 16.5. The first-order chi connectivity index (χ1) is 14.2. The monoisotopic (exact) mass is 384 g/mol. The van der Waals surface area contributed by atoms with Gasteiger partial charge in [0.1, 0.15) is 5.75 Å². The van der Waals surface area contributed by atoms with E-state index in [1.165, 1.54) is 0 Å². The van der Waals surface area contributed by atoms with Gasteiger partial charge in [-0.25, -0.2) is 9.67 Å². The van der Waals surface area contributed by atoms with Crippen molar-refractivity contribution in [3.8, 4) is 22.6 Å². The summed E-state index contributed by atoms with van der Waals surface area (Å²) >= 11 is 0. The summed E-state index contributed by atoms with van der Waals surface area (Å²) in [5, 5.41) is 8.63. The van der Waals surface area contributed by atoms with E-state index in [1.807, 2.05) is 66.2 Å². The number of nitrogens with one attached hydrogen (secondary N) is 1. The Hall–Kier alpha value is -3.67. The number of carbonyl (C=O) groups is 1. The molecule has 0 saturated heterocycles. The van der Waals surface area contributed by atoms with Crippen LogP contribution in [0.15, 0.2) is 54.6 Å². The zero-order chi connectivity index (χ0) is 20.0. The second kappa shape index (κ2) is 6.74. The molecule has 1 amide bonds. The summed E-state index contributed by atoms with van der Waals surface area (Å²) in [5.41, 5.74) is 5.75. The van der Waals surface area contributed by atoms with Gasteiger partial charge in [0.05, 0.1) is 35.1 Å². The molecule has 0 spiro atoms. The highest BCUT2D eigenvalue weighted by Crippen LogP contribution is 2.38. The molecule has 4 aromatic rings. The molecule has 0 radical (unpaired) electrons. The van der Waals surface area contributed by atoms with Crippen molar-refractivity contribution in [2.45, 2.75) is 13.3 Å². The van der Waals surface area contributed by atoms with Crippen LogP contribution in [0.1, 0.15) is 21.7 Å². The molecule has 0 aliphatic carbocycles. The number of nitrogens with zero attached hydrogens (tertiary/aromatic N) is 3. The first-order valence-corrected chi connectivity index (χ1v) is 9.57. The molecule has 6 nitrogen and oxygen atoms in total. The van der Waals surface area contributed by atoms with E-state index in [0.29, 0.717) is 18.5 Å². The van der Waals surface area contributed by atoms with Crippen LogP contribution in [0.25, 0.3) is 27.8 Å². The average molecular weight is 384 g/mol. The molecular weight excluding hydrogens is 364 g/mol. The topological polar surface area (TPSA) is 69.0 Å². The summed E-state index contributed by atoms with van der Waals surface area (Å²) in [7, 11) is 1.64. The lowest BCUT2D eigenvalue weighted by molar-refractivity contribution is 0.0946. The lowest BCUT2D eigenvalue weighted by atomic mass is 9.92. The van der Waals surface area contributed by atoms with Gasteiger partial charge < -0.3 is 10.1 Å². The smallest absolute Gasteiger partial charge is 0.253 e. The van der Waals surface area contributed by atoms with Crippen LogP contribution >= 0.6 is 0 Å². The third-order valence-corrected chi connectivity index (χ3v) is 5.30. The van der Waals surface area contributed by atoms with Gasteiger partial charge in [-0.1, -0.05) is 30.3 Å². The van der Waals surface area contributed by atoms with Crippen molar-refractivity contribution in [2.24, 2.45) is 0 Å². The Labute approximate surface area is 168 Å². The van der Waals surface area contributed by atoms with Gasteiger partial charge in [0.25, 0.3) is 5.91 Å². The van der Waals surface area contributed by atoms with Crippen LogP contribution in [-0.4, -0.2) is 34.3 Å². The molecule has 0 fully saturated rings. The fourth-order valence-corrected chi connectivity index (χ4v) is 3.99. The number of para-hydroxylation sites is 1. The van der Waals surface area contributed by atoms with Gasteiger partial charge in [-0.3, -0.25) is 4.79 Å². The second-order valence-electron chi connectivity index (χ2n) is 7.08. The van der Waals surface area contributed by atoms with Crippen LogP contribution in [0.2, 0.25) is 0 Å². The van der Waals surface area contributed by atoms with Crippen molar-refractivity contribution in [3.05, 3.63) is 71.5 Å². The summed E-state index contributed by atoms with van der Waals surface area (Å²) in [6, 6.07) is 17.7. The number of amides is 1. The van der Waals surface area contributed by atoms with Crippen molar-refractivity contribution in [1.29, 1.82) is 0 Å². The molecule has 0 unspecified atom stereocenters. The van der Waals surface area contributed by atoms with Gasteiger partial charge in [0, 0.05) is 18.5 Å². The van der Waals surface area contributed by atoms with E-state index < -0.39 is 0 Å². The SMILES string of the molecule is COc1cccc(-c2c3c(nc4c2c(C)nn4-c2ccccc2)CCNC3=O)c1. The number of rotatable bonds is 3. The van der Waals surface area contributed by atoms with Gasteiger partial charge in [-0.2, -0.15) is 5.10 Å². The van der Waals surface area contributed by atoms with Crippen LogP contribution in [0.3, 0.4) is 0 Å². The van der Waals surface area contributed by atoms with Gasteiger partial charge in [0.15, 0.2) is 5.65 Å². The van der Waals surface area contributed by atoms with Crippen molar-refractivity contribution < 1.29 is 9.53 Å². The Kier molecular flexibility index (Phi) is 4.05. The molecule has 144 valence electrons. The summed E-state index contributed by atoms with van der Waals surface area (Å²) in [5.74, 6) is 0.649. The highest BCUT2D eigenvalue weighted by Gasteiger charge is 2.28. The van der Waals surface area contributed by atoms with Crippen LogP contribution in [0.5, 0.6) is 5.75 Å². The van der Waals surface area contributed by atoms with E-state index >= 15 is 0 Å². The molecule has 29 heavy (non-hydrogen) atoms. The summed E-state index contributed by atoms with van der Waals surface area (Å²) in [6.45, 7) is 2.54. The normalized spacial score (nSPS) is 13.2. The summed E-state index contributed by atoms with van der Waals surface area (Å²) < 4.78 is 7.29. The predicted octanol–water partition coefficient (Wildman–Crippen LogP) is 3.69. The number of ether oxygens (including phenoxy) is 1. The number of pyridine rings is 1. The minimum atomic E-state index is -0.0923. The van der Waals surface area contributed by atoms with Gasteiger partial charge in [-0.05, 0) is 36.8 Å². The minimum absolute atomic E-state index is 0.0923. The van der Waals surface area contributed by atoms with E-state index in [-0.39, 0.29) is 5.91 Å². The number of methoxy groups -OCH3 is 1. The Bertz CT molecular complexity index is 1240. The molecule has 3 heterocycles. The number of benzene rings is 2. The van der Waals surface area contributed by atoms with Gasteiger partial charge in [0.2, 0.25) is 0 Å². The fourth-order valence-electron chi connectivity index (χ4n) is 3.99. The van der Waals surface area contributed by atoms with Crippen LogP contribution in [0.4, 0.5) is 0 Å². The fraction of sp³-hybridized carbons (Fsp3) is 0.174. The number of carbonyl (C=O) groups excluding carboxylic acids is 1. The maximum atomic E-state index is 12.9. The molecule has 0 bridgehead atoms. The quantitative estimate of drug-likeness (QED) is 0.585. The predicted molar refractivity (Wildman–Crippen MR) is 112 cm³/mol. The van der Waals surface area contributed by atoms with Crippen molar-refractivity contribution in [1.82, 2.24) is 20.1 Å². The number of hydrogen-bond donors (Lipinski definition) is 1. The molecule has 2 aromatic heterocycles. The molecular formula is C23H20N4O2. The Morgan fingerprint density at radius 3 is 2.69 bits per heavy atom. The minimum Gasteiger partial charge on any atom is -0.497 e. The zero-order valence-corrected chi connectivity index (χ0v) is 16.3. The molecule has 1 N–H and O–H groups in total. The number of aromatic nitrogens is 3. The molecule has 6 heteroatoms. The number of hydrogen-bond acceptors (Lipinski definition) is 4. The molecule has 2 aromatic carbocycles. The first kappa shape index (κ1) is 17.4. The van der Waals surface area contributed by atoms with E-state index in [2.05, 4.69) is 5.32 Å². The molecule has 1 aliphatic rings. The highest BCUT2D eigenvalue weighted by molar-refractivity contribution is 6.10. The lowest BCUT2D eigenvalue weighted by Crippen LogP contribution is -2.33. The third kappa shape index (κ3) is 2.76. The van der Waals surface area contributed by atoms with Crippen molar-refractivity contribution in [2.75, 3.05) is 13.7 Å². The number of fused-ring (bicyclic) bond motifs is 2.